The number of anilines is 1. The molecule has 3 aromatic rings. The highest BCUT2D eigenvalue weighted by Gasteiger charge is 2.30. The minimum absolute atomic E-state index is 0.0675. The van der Waals surface area contributed by atoms with Gasteiger partial charge in [0.05, 0.1) is 10.9 Å². The number of aromatic nitrogens is 6. The first kappa shape index (κ1) is 21.3. The quantitative estimate of drug-likeness (QED) is 0.537. The van der Waals surface area contributed by atoms with Gasteiger partial charge in [-0.05, 0) is 42.0 Å². The molecule has 0 amide bonds. The molecule has 0 unspecified atom stereocenters. The Bertz CT molecular complexity index is 1090. The fourth-order valence-electron chi connectivity index (χ4n) is 3.82. The van der Waals surface area contributed by atoms with Crippen molar-refractivity contribution in [2.24, 2.45) is 0 Å². The molecule has 10 nitrogen and oxygen atoms in total. The van der Waals surface area contributed by atoms with E-state index in [0.717, 1.165) is 44.1 Å². The topological polar surface area (TPSA) is 110 Å². The Morgan fingerprint density at radius 1 is 1.03 bits per heavy atom. The van der Waals surface area contributed by atoms with Gasteiger partial charge in [0.15, 0.2) is 21.5 Å². The first-order valence-electron chi connectivity index (χ1n) is 10.3. The van der Waals surface area contributed by atoms with Crippen molar-refractivity contribution in [1.29, 1.82) is 0 Å². The third-order valence-electron chi connectivity index (χ3n) is 5.51. The molecule has 0 radical (unpaired) electrons. The maximum absolute atomic E-state index is 12.9. The normalized spacial score (nSPS) is 16.4. The molecule has 0 saturated carbocycles. The van der Waals surface area contributed by atoms with E-state index in [1.807, 2.05) is 6.92 Å². The number of sulfone groups is 1. The van der Waals surface area contributed by atoms with Crippen molar-refractivity contribution < 1.29 is 8.42 Å². The summed E-state index contributed by atoms with van der Waals surface area (Å²) in [7, 11) is -3.56. The van der Waals surface area contributed by atoms with E-state index in [-0.39, 0.29) is 16.8 Å². The minimum atomic E-state index is -3.56. The van der Waals surface area contributed by atoms with Gasteiger partial charge < -0.3 is 4.90 Å². The van der Waals surface area contributed by atoms with Crippen LogP contribution in [0.25, 0.3) is 0 Å². The van der Waals surface area contributed by atoms with Gasteiger partial charge >= 0.3 is 0 Å². The van der Waals surface area contributed by atoms with Crippen LogP contribution in [0.3, 0.4) is 0 Å². The molecule has 0 N–H and O–H groups in total. The third-order valence-corrected chi connectivity index (χ3v) is 7.08. The Hall–Kier alpha value is -2.92. The van der Waals surface area contributed by atoms with Gasteiger partial charge in [-0.1, -0.05) is 24.6 Å². The molecular weight excluding hydrogens is 416 g/mol. The molecule has 4 rings (SSSR count). The molecule has 2 aromatic heterocycles. The molecule has 1 aliphatic rings. The molecular formula is C20H26N8O2S. The molecule has 1 aliphatic heterocycles. The lowest BCUT2D eigenvalue weighted by atomic mass is 10.1. The fourth-order valence-corrected chi connectivity index (χ4v) is 5.02. The van der Waals surface area contributed by atoms with Gasteiger partial charge in [-0.15, -0.1) is 5.10 Å². The van der Waals surface area contributed by atoms with Crippen LogP contribution in [0.5, 0.6) is 0 Å². The van der Waals surface area contributed by atoms with Crippen LogP contribution in [-0.2, 0) is 15.7 Å². The lowest BCUT2D eigenvalue weighted by molar-refractivity contribution is 0.169. The van der Waals surface area contributed by atoms with E-state index in [0.29, 0.717) is 5.82 Å². The molecule has 1 atom stereocenters. The summed E-state index contributed by atoms with van der Waals surface area (Å²) in [6.45, 7) is 7.12. The van der Waals surface area contributed by atoms with E-state index in [2.05, 4.69) is 42.2 Å². The summed E-state index contributed by atoms with van der Waals surface area (Å²) in [6, 6.07) is 8.56. The highest BCUT2D eigenvalue weighted by Crippen LogP contribution is 2.25. The van der Waals surface area contributed by atoms with Crippen LogP contribution >= 0.6 is 0 Å². The average molecular weight is 443 g/mol. The van der Waals surface area contributed by atoms with Crippen molar-refractivity contribution in [2.75, 3.05) is 31.1 Å². The molecule has 1 aromatic carbocycles. The second-order valence-electron chi connectivity index (χ2n) is 7.59. The monoisotopic (exact) mass is 442 g/mol. The molecule has 0 bridgehead atoms. The number of hydrogen-bond donors (Lipinski definition) is 0. The molecule has 3 heterocycles. The van der Waals surface area contributed by atoms with Crippen LogP contribution in [0.2, 0.25) is 0 Å². The van der Waals surface area contributed by atoms with Crippen molar-refractivity contribution >= 4 is 15.8 Å². The van der Waals surface area contributed by atoms with Crippen LogP contribution in [0, 0.1) is 6.92 Å². The SMILES string of the molecule is CC[C@@H](c1nnnn1CS(=O)(=O)c1ccc(C)cc1)N1CCN(c2ncccn2)CC1. The highest BCUT2D eigenvalue weighted by molar-refractivity contribution is 7.90. The summed E-state index contributed by atoms with van der Waals surface area (Å²) in [5.41, 5.74) is 1.01. The Labute approximate surface area is 181 Å². The molecule has 0 aliphatic carbocycles. The van der Waals surface area contributed by atoms with Crippen LogP contribution in [-0.4, -0.2) is 69.7 Å². The Kier molecular flexibility index (Phi) is 6.23. The zero-order valence-electron chi connectivity index (χ0n) is 17.7. The Morgan fingerprint density at radius 3 is 2.35 bits per heavy atom. The van der Waals surface area contributed by atoms with E-state index in [1.54, 1.807) is 42.7 Å². The molecule has 31 heavy (non-hydrogen) atoms. The summed E-state index contributed by atoms with van der Waals surface area (Å²) >= 11 is 0. The predicted molar refractivity (Wildman–Crippen MR) is 115 cm³/mol. The van der Waals surface area contributed by atoms with Gasteiger partial charge in [0.25, 0.3) is 0 Å². The number of hydrogen-bond acceptors (Lipinski definition) is 9. The van der Waals surface area contributed by atoms with E-state index in [9.17, 15) is 8.42 Å². The largest absolute Gasteiger partial charge is 0.338 e. The first-order valence-corrected chi connectivity index (χ1v) is 11.9. The standard InChI is InChI=1S/C20H26N8O2S/c1-3-18(26-11-13-27(14-12-26)20-21-9-4-10-22-20)19-23-24-25-28(19)15-31(29,30)17-7-5-16(2)6-8-17/h4-10,18H,3,11-15H2,1-2H3/t18-/m0/s1. The van der Waals surface area contributed by atoms with Crippen LogP contribution < -0.4 is 4.90 Å². The Morgan fingerprint density at radius 2 is 1.71 bits per heavy atom. The first-order chi connectivity index (χ1) is 15.0. The van der Waals surface area contributed by atoms with Gasteiger partial charge in [-0.3, -0.25) is 4.90 Å². The van der Waals surface area contributed by atoms with Gasteiger partial charge in [0.2, 0.25) is 5.95 Å². The number of rotatable bonds is 7. The molecule has 11 heteroatoms. The van der Waals surface area contributed by atoms with Crippen LogP contribution in [0.15, 0.2) is 47.6 Å². The maximum Gasteiger partial charge on any atom is 0.225 e. The van der Waals surface area contributed by atoms with Gasteiger partial charge in [-0.2, -0.15) is 0 Å². The summed E-state index contributed by atoms with van der Waals surface area (Å²) in [6.07, 6.45) is 4.26. The lowest BCUT2D eigenvalue weighted by Crippen LogP contribution is -2.48. The van der Waals surface area contributed by atoms with Crippen molar-refractivity contribution in [3.63, 3.8) is 0 Å². The number of nitrogens with zero attached hydrogens (tertiary/aromatic N) is 8. The van der Waals surface area contributed by atoms with E-state index >= 15 is 0 Å². The zero-order valence-corrected chi connectivity index (χ0v) is 18.5. The zero-order chi connectivity index (χ0) is 21.8. The average Bonchev–Trinajstić information content (AvgIpc) is 3.23. The van der Waals surface area contributed by atoms with Crippen molar-refractivity contribution in [2.45, 2.75) is 37.1 Å². The van der Waals surface area contributed by atoms with Crippen LogP contribution in [0.4, 0.5) is 5.95 Å². The second-order valence-corrected chi connectivity index (χ2v) is 9.55. The summed E-state index contributed by atoms with van der Waals surface area (Å²) in [5.74, 6) is 1.01. The second kappa shape index (κ2) is 9.06. The third kappa shape index (κ3) is 4.72. The van der Waals surface area contributed by atoms with E-state index in [4.69, 9.17) is 0 Å². The number of tetrazole rings is 1. The van der Waals surface area contributed by atoms with Gasteiger partial charge in [0, 0.05) is 38.6 Å². The van der Waals surface area contributed by atoms with E-state index < -0.39 is 9.84 Å². The smallest absolute Gasteiger partial charge is 0.225 e. The van der Waals surface area contributed by atoms with Crippen LogP contribution in [0.1, 0.15) is 30.8 Å². The molecule has 0 spiro atoms. The van der Waals surface area contributed by atoms with Crippen molar-refractivity contribution in [3.05, 3.63) is 54.1 Å². The lowest BCUT2D eigenvalue weighted by Gasteiger charge is -2.38. The highest BCUT2D eigenvalue weighted by atomic mass is 32.2. The van der Waals surface area contributed by atoms with E-state index in [1.165, 1.54) is 4.68 Å². The van der Waals surface area contributed by atoms with Gasteiger partial charge in [-0.25, -0.2) is 23.1 Å². The molecule has 164 valence electrons. The number of piperazine rings is 1. The fraction of sp³-hybridized carbons (Fsp3) is 0.450. The van der Waals surface area contributed by atoms with Gasteiger partial charge in [0.1, 0.15) is 0 Å². The van der Waals surface area contributed by atoms with Crippen molar-refractivity contribution in [1.82, 2.24) is 35.1 Å². The predicted octanol–water partition coefficient (Wildman–Crippen LogP) is 1.48. The summed E-state index contributed by atoms with van der Waals surface area (Å²) < 4.78 is 27.2. The number of benzene rings is 1. The molecule has 1 saturated heterocycles. The summed E-state index contributed by atoms with van der Waals surface area (Å²) in [5, 5.41) is 12.0. The van der Waals surface area contributed by atoms with Crippen molar-refractivity contribution in [3.8, 4) is 0 Å². The number of aryl methyl sites for hydroxylation is 1. The Balaban J connectivity index is 1.48. The maximum atomic E-state index is 12.9. The summed E-state index contributed by atoms with van der Waals surface area (Å²) in [4.78, 5) is 13.4. The minimum Gasteiger partial charge on any atom is -0.338 e. The molecule has 1 fully saturated rings.